The highest BCUT2D eigenvalue weighted by Crippen LogP contribution is 2.13. The number of rotatable bonds is 5. The van der Waals surface area contributed by atoms with Gasteiger partial charge in [-0.25, -0.2) is 0 Å². The third-order valence-corrected chi connectivity index (χ3v) is 3.51. The van der Waals surface area contributed by atoms with Crippen molar-refractivity contribution in [2.24, 2.45) is 0 Å². The lowest BCUT2D eigenvalue weighted by atomic mass is 10.1. The summed E-state index contributed by atoms with van der Waals surface area (Å²) < 4.78 is 0. The SMILES string of the molecule is CC(Cc1cccc(N)c1)N(C)Cc1ccccc1. The van der Waals surface area contributed by atoms with Gasteiger partial charge in [-0.05, 0) is 43.7 Å². The summed E-state index contributed by atoms with van der Waals surface area (Å²) in [7, 11) is 2.17. The fraction of sp³-hybridized carbons (Fsp3) is 0.294. The molecule has 2 rings (SSSR count). The summed E-state index contributed by atoms with van der Waals surface area (Å²) in [5.74, 6) is 0. The summed E-state index contributed by atoms with van der Waals surface area (Å²) in [5, 5.41) is 0. The molecule has 0 aliphatic carbocycles. The van der Waals surface area contributed by atoms with Crippen molar-refractivity contribution in [3.8, 4) is 0 Å². The molecular weight excluding hydrogens is 232 g/mol. The standard InChI is InChI=1S/C17H22N2/c1-14(11-16-9-6-10-17(18)12-16)19(2)13-15-7-4-3-5-8-15/h3-10,12,14H,11,13,18H2,1-2H3. The topological polar surface area (TPSA) is 29.3 Å². The van der Waals surface area contributed by atoms with Crippen LogP contribution in [0.4, 0.5) is 5.69 Å². The molecule has 2 N–H and O–H groups in total. The van der Waals surface area contributed by atoms with E-state index in [2.05, 4.69) is 61.3 Å². The predicted molar refractivity (Wildman–Crippen MR) is 81.9 cm³/mol. The highest BCUT2D eigenvalue weighted by molar-refractivity contribution is 5.40. The lowest BCUT2D eigenvalue weighted by molar-refractivity contribution is 0.248. The third-order valence-electron chi connectivity index (χ3n) is 3.51. The molecule has 1 unspecified atom stereocenters. The maximum absolute atomic E-state index is 5.82. The highest BCUT2D eigenvalue weighted by atomic mass is 15.1. The zero-order chi connectivity index (χ0) is 13.7. The van der Waals surface area contributed by atoms with Crippen molar-refractivity contribution in [3.63, 3.8) is 0 Å². The fourth-order valence-corrected chi connectivity index (χ4v) is 2.24. The maximum atomic E-state index is 5.82. The van der Waals surface area contributed by atoms with Crippen molar-refractivity contribution in [1.29, 1.82) is 0 Å². The molecule has 0 heterocycles. The van der Waals surface area contributed by atoms with Crippen LogP contribution in [0, 0.1) is 0 Å². The fourth-order valence-electron chi connectivity index (χ4n) is 2.24. The van der Waals surface area contributed by atoms with Crippen LogP contribution in [-0.2, 0) is 13.0 Å². The minimum atomic E-state index is 0.488. The van der Waals surface area contributed by atoms with E-state index in [1.54, 1.807) is 0 Å². The van der Waals surface area contributed by atoms with Gasteiger partial charge in [0.05, 0.1) is 0 Å². The summed E-state index contributed by atoms with van der Waals surface area (Å²) in [4.78, 5) is 2.37. The van der Waals surface area contributed by atoms with Crippen LogP contribution in [0.3, 0.4) is 0 Å². The number of nitrogen functional groups attached to an aromatic ring is 1. The molecule has 0 saturated carbocycles. The first-order valence-electron chi connectivity index (χ1n) is 6.74. The molecule has 19 heavy (non-hydrogen) atoms. The molecule has 0 fully saturated rings. The summed E-state index contributed by atoms with van der Waals surface area (Å²) in [6.07, 6.45) is 1.02. The summed E-state index contributed by atoms with van der Waals surface area (Å²) in [5.41, 5.74) is 9.31. The Labute approximate surface area is 115 Å². The monoisotopic (exact) mass is 254 g/mol. The smallest absolute Gasteiger partial charge is 0.0316 e. The van der Waals surface area contributed by atoms with Crippen molar-refractivity contribution >= 4 is 5.69 Å². The van der Waals surface area contributed by atoms with Gasteiger partial charge in [-0.3, -0.25) is 4.90 Å². The molecule has 2 aromatic rings. The van der Waals surface area contributed by atoms with Crippen LogP contribution >= 0.6 is 0 Å². The molecule has 0 radical (unpaired) electrons. The molecular formula is C17H22N2. The van der Waals surface area contributed by atoms with E-state index in [0.29, 0.717) is 6.04 Å². The molecule has 1 atom stereocenters. The number of likely N-dealkylation sites (N-methyl/N-ethyl adjacent to an activating group) is 1. The molecule has 0 bridgehead atoms. The Balaban J connectivity index is 1.94. The maximum Gasteiger partial charge on any atom is 0.0316 e. The van der Waals surface area contributed by atoms with Crippen LogP contribution < -0.4 is 5.73 Å². The predicted octanol–water partition coefficient (Wildman–Crippen LogP) is 3.33. The van der Waals surface area contributed by atoms with Gasteiger partial charge in [0, 0.05) is 18.3 Å². The molecule has 100 valence electrons. The van der Waals surface area contributed by atoms with Gasteiger partial charge in [-0.2, -0.15) is 0 Å². The first-order chi connectivity index (χ1) is 9.15. The third kappa shape index (κ3) is 4.11. The second-order valence-electron chi connectivity index (χ2n) is 5.20. The average Bonchev–Trinajstić information content (AvgIpc) is 2.40. The lowest BCUT2D eigenvalue weighted by Gasteiger charge is -2.25. The molecule has 2 heteroatoms. The van der Waals surface area contributed by atoms with Gasteiger partial charge in [-0.1, -0.05) is 42.5 Å². The van der Waals surface area contributed by atoms with Crippen molar-refractivity contribution in [2.45, 2.75) is 25.9 Å². The van der Waals surface area contributed by atoms with Crippen LogP contribution in [0.1, 0.15) is 18.1 Å². The van der Waals surface area contributed by atoms with Crippen molar-refractivity contribution in [3.05, 3.63) is 65.7 Å². The normalized spacial score (nSPS) is 12.6. The minimum Gasteiger partial charge on any atom is -0.399 e. The Hall–Kier alpha value is -1.80. The Kier molecular flexibility index (Phi) is 4.58. The molecule has 0 aromatic heterocycles. The number of hydrogen-bond acceptors (Lipinski definition) is 2. The number of nitrogens with two attached hydrogens (primary N) is 1. The summed E-state index contributed by atoms with van der Waals surface area (Å²) >= 11 is 0. The number of hydrogen-bond donors (Lipinski definition) is 1. The Morgan fingerprint density at radius 2 is 1.68 bits per heavy atom. The zero-order valence-corrected chi connectivity index (χ0v) is 11.7. The number of anilines is 1. The first kappa shape index (κ1) is 13.6. The van der Waals surface area contributed by atoms with Gasteiger partial charge in [0.1, 0.15) is 0 Å². The first-order valence-corrected chi connectivity index (χ1v) is 6.74. The van der Waals surface area contributed by atoms with E-state index < -0.39 is 0 Å². The second-order valence-corrected chi connectivity index (χ2v) is 5.20. The Morgan fingerprint density at radius 3 is 2.37 bits per heavy atom. The highest BCUT2D eigenvalue weighted by Gasteiger charge is 2.10. The Morgan fingerprint density at radius 1 is 1.00 bits per heavy atom. The molecule has 2 nitrogen and oxygen atoms in total. The van der Waals surface area contributed by atoms with E-state index in [1.165, 1.54) is 11.1 Å². The molecule has 0 spiro atoms. The van der Waals surface area contributed by atoms with E-state index in [9.17, 15) is 0 Å². The quantitative estimate of drug-likeness (QED) is 0.829. The lowest BCUT2D eigenvalue weighted by Crippen LogP contribution is -2.30. The Bertz CT molecular complexity index is 508. The van der Waals surface area contributed by atoms with Gasteiger partial charge < -0.3 is 5.73 Å². The van der Waals surface area contributed by atoms with Gasteiger partial charge in [-0.15, -0.1) is 0 Å². The minimum absolute atomic E-state index is 0.488. The van der Waals surface area contributed by atoms with Crippen molar-refractivity contribution in [1.82, 2.24) is 4.90 Å². The second kappa shape index (κ2) is 6.39. The van der Waals surface area contributed by atoms with Crippen molar-refractivity contribution in [2.75, 3.05) is 12.8 Å². The zero-order valence-electron chi connectivity index (χ0n) is 11.7. The van der Waals surface area contributed by atoms with Crippen LogP contribution in [-0.4, -0.2) is 18.0 Å². The molecule has 0 aliphatic rings. The van der Waals surface area contributed by atoms with E-state index in [-0.39, 0.29) is 0 Å². The molecule has 2 aromatic carbocycles. The van der Waals surface area contributed by atoms with E-state index >= 15 is 0 Å². The van der Waals surface area contributed by atoms with E-state index in [4.69, 9.17) is 5.73 Å². The van der Waals surface area contributed by atoms with Crippen LogP contribution in [0.5, 0.6) is 0 Å². The van der Waals surface area contributed by atoms with Gasteiger partial charge in [0.25, 0.3) is 0 Å². The van der Waals surface area contributed by atoms with Crippen LogP contribution in [0.15, 0.2) is 54.6 Å². The summed E-state index contributed by atoms with van der Waals surface area (Å²) in [6, 6.07) is 19.2. The van der Waals surface area contributed by atoms with Crippen molar-refractivity contribution < 1.29 is 0 Å². The van der Waals surface area contributed by atoms with E-state index in [0.717, 1.165) is 18.7 Å². The van der Waals surface area contributed by atoms with Crippen LogP contribution in [0.25, 0.3) is 0 Å². The average molecular weight is 254 g/mol. The summed E-state index contributed by atoms with van der Waals surface area (Å²) in [6.45, 7) is 3.23. The number of benzene rings is 2. The number of nitrogens with zero attached hydrogens (tertiary/aromatic N) is 1. The van der Waals surface area contributed by atoms with Gasteiger partial charge >= 0.3 is 0 Å². The van der Waals surface area contributed by atoms with Gasteiger partial charge in [0.2, 0.25) is 0 Å². The largest absolute Gasteiger partial charge is 0.399 e. The molecule has 0 saturated heterocycles. The molecule has 0 aliphatic heterocycles. The van der Waals surface area contributed by atoms with E-state index in [1.807, 2.05) is 12.1 Å². The molecule has 0 amide bonds. The van der Waals surface area contributed by atoms with Crippen LogP contribution in [0.2, 0.25) is 0 Å². The van der Waals surface area contributed by atoms with Gasteiger partial charge in [0.15, 0.2) is 0 Å².